The average Bonchev–Trinajstić information content (AvgIpc) is 3.28. The first-order valence-corrected chi connectivity index (χ1v) is 10.9. The molecule has 1 N–H and O–H groups in total. The number of nitrogens with zero attached hydrogens (tertiary/aromatic N) is 4. The van der Waals surface area contributed by atoms with E-state index in [0.717, 1.165) is 37.1 Å². The third-order valence-corrected chi connectivity index (χ3v) is 6.18. The van der Waals surface area contributed by atoms with Gasteiger partial charge in [-0.3, -0.25) is 14.3 Å². The highest BCUT2D eigenvalue weighted by Crippen LogP contribution is 2.14. The number of carbonyl (C=O) groups excluding carboxylic acids is 1. The summed E-state index contributed by atoms with van der Waals surface area (Å²) in [4.78, 5) is 30.4. The first kappa shape index (κ1) is 19.6. The van der Waals surface area contributed by atoms with Crippen molar-refractivity contribution in [2.75, 3.05) is 0 Å². The van der Waals surface area contributed by atoms with Gasteiger partial charge in [-0.15, -0.1) is 11.3 Å². The SMILES string of the molecule is O=C(CCCc1cccs1)NC1CCc2nn(Cc3cccnc3)c(=O)n2CC1. The van der Waals surface area contributed by atoms with Gasteiger partial charge >= 0.3 is 5.69 Å². The van der Waals surface area contributed by atoms with Crippen LogP contribution in [0.25, 0.3) is 0 Å². The molecule has 1 unspecified atom stereocenters. The zero-order chi connectivity index (χ0) is 20.1. The molecule has 4 heterocycles. The third kappa shape index (κ3) is 5.00. The van der Waals surface area contributed by atoms with Gasteiger partial charge in [-0.2, -0.15) is 5.10 Å². The zero-order valence-corrected chi connectivity index (χ0v) is 17.1. The number of thiophene rings is 1. The number of rotatable bonds is 7. The second-order valence-electron chi connectivity index (χ2n) is 7.39. The summed E-state index contributed by atoms with van der Waals surface area (Å²) in [6.45, 7) is 1.01. The average molecular weight is 412 g/mol. The monoisotopic (exact) mass is 411 g/mol. The molecule has 0 saturated carbocycles. The molecule has 0 spiro atoms. The van der Waals surface area contributed by atoms with Crippen LogP contribution in [0.5, 0.6) is 0 Å². The molecule has 29 heavy (non-hydrogen) atoms. The lowest BCUT2D eigenvalue weighted by atomic mass is 10.1. The van der Waals surface area contributed by atoms with Crippen molar-refractivity contribution in [2.24, 2.45) is 0 Å². The Bertz CT molecular complexity index is 994. The van der Waals surface area contributed by atoms with Crippen molar-refractivity contribution in [1.29, 1.82) is 0 Å². The van der Waals surface area contributed by atoms with Gasteiger partial charge in [0.1, 0.15) is 5.82 Å². The Morgan fingerprint density at radius 1 is 1.28 bits per heavy atom. The highest BCUT2D eigenvalue weighted by atomic mass is 32.1. The molecule has 1 aliphatic heterocycles. The van der Waals surface area contributed by atoms with Gasteiger partial charge in [0.05, 0.1) is 6.54 Å². The van der Waals surface area contributed by atoms with Gasteiger partial charge in [-0.25, -0.2) is 9.48 Å². The van der Waals surface area contributed by atoms with Gasteiger partial charge in [0.25, 0.3) is 0 Å². The van der Waals surface area contributed by atoms with Crippen molar-refractivity contribution in [1.82, 2.24) is 24.6 Å². The highest BCUT2D eigenvalue weighted by molar-refractivity contribution is 7.09. The Morgan fingerprint density at radius 3 is 3.00 bits per heavy atom. The van der Waals surface area contributed by atoms with Crippen molar-refractivity contribution >= 4 is 17.2 Å². The highest BCUT2D eigenvalue weighted by Gasteiger charge is 2.22. The Morgan fingerprint density at radius 2 is 2.21 bits per heavy atom. The summed E-state index contributed by atoms with van der Waals surface area (Å²) in [7, 11) is 0. The van der Waals surface area contributed by atoms with E-state index in [1.165, 1.54) is 9.56 Å². The molecule has 7 nitrogen and oxygen atoms in total. The number of hydrogen-bond acceptors (Lipinski definition) is 5. The molecule has 3 aromatic heterocycles. The Balaban J connectivity index is 1.29. The van der Waals surface area contributed by atoms with Crippen molar-refractivity contribution < 1.29 is 4.79 Å². The Kier molecular flexibility index (Phi) is 6.19. The lowest BCUT2D eigenvalue weighted by molar-refractivity contribution is -0.122. The summed E-state index contributed by atoms with van der Waals surface area (Å²) >= 11 is 1.73. The molecule has 0 radical (unpaired) electrons. The molecular formula is C21H25N5O2S. The maximum Gasteiger partial charge on any atom is 0.346 e. The number of aromatic nitrogens is 4. The van der Waals surface area contributed by atoms with Crippen LogP contribution in [0.2, 0.25) is 0 Å². The number of fused-ring (bicyclic) bond motifs is 1. The molecular weight excluding hydrogens is 386 g/mol. The second kappa shape index (κ2) is 9.17. The molecule has 0 bridgehead atoms. The maximum atomic E-state index is 12.7. The standard InChI is InChI=1S/C21H25N5O2S/c27-20(7-1-5-18-6-3-13-29-18)23-17-8-9-19-24-26(21(28)25(19)12-10-17)15-16-4-2-11-22-14-16/h2-4,6,11,13-14,17H,1,5,7-10,12,15H2,(H,23,27). The molecule has 1 aliphatic rings. The van der Waals surface area contributed by atoms with Gasteiger partial charge in [0, 0.05) is 42.7 Å². The fraction of sp³-hybridized carbons (Fsp3) is 0.429. The number of aryl methyl sites for hydroxylation is 2. The van der Waals surface area contributed by atoms with E-state index >= 15 is 0 Å². The van der Waals surface area contributed by atoms with Crippen molar-refractivity contribution in [3.63, 3.8) is 0 Å². The van der Waals surface area contributed by atoms with E-state index in [-0.39, 0.29) is 17.6 Å². The van der Waals surface area contributed by atoms with Crippen LogP contribution in [-0.2, 0) is 30.7 Å². The van der Waals surface area contributed by atoms with Crippen LogP contribution in [0.1, 0.15) is 41.9 Å². The quantitative estimate of drug-likeness (QED) is 0.647. The molecule has 0 saturated heterocycles. The van der Waals surface area contributed by atoms with Crippen LogP contribution in [0.4, 0.5) is 0 Å². The Hall–Kier alpha value is -2.74. The topological polar surface area (TPSA) is 81.8 Å². The van der Waals surface area contributed by atoms with E-state index in [2.05, 4.69) is 26.8 Å². The Labute approximate surface area is 173 Å². The van der Waals surface area contributed by atoms with Crippen molar-refractivity contribution in [3.05, 3.63) is 68.8 Å². The second-order valence-corrected chi connectivity index (χ2v) is 8.43. The van der Waals surface area contributed by atoms with E-state index < -0.39 is 0 Å². The fourth-order valence-corrected chi connectivity index (χ4v) is 4.47. The first-order valence-electron chi connectivity index (χ1n) is 10.1. The van der Waals surface area contributed by atoms with Crippen LogP contribution < -0.4 is 11.0 Å². The third-order valence-electron chi connectivity index (χ3n) is 5.24. The summed E-state index contributed by atoms with van der Waals surface area (Å²) < 4.78 is 3.26. The summed E-state index contributed by atoms with van der Waals surface area (Å²) in [5.41, 5.74) is 0.863. The van der Waals surface area contributed by atoms with Gasteiger partial charge < -0.3 is 5.32 Å². The van der Waals surface area contributed by atoms with Gasteiger partial charge in [0.15, 0.2) is 0 Å². The predicted molar refractivity (Wildman–Crippen MR) is 112 cm³/mol. The van der Waals surface area contributed by atoms with Gasteiger partial charge in [-0.1, -0.05) is 12.1 Å². The number of pyridine rings is 1. The molecule has 0 fully saturated rings. The summed E-state index contributed by atoms with van der Waals surface area (Å²) in [6, 6.07) is 8.04. The van der Waals surface area contributed by atoms with Crippen molar-refractivity contribution in [3.8, 4) is 0 Å². The van der Waals surface area contributed by atoms with Crippen molar-refractivity contribution in [2.45, 2.75) is 57.7 Å². The van der Waals surface area contributed by atoms with E-state index in [4.69, 9.17) is 0 Å². The largest absolute Gasteiger partial charge is 0.353 e. The first-order chi connectivity index (χ1) is 14.2. The van der Waals surface area contributed by atoms with E-state index in [9.17, 15) is 9.59 Å². The minimum atomic E-state index is -0.0909. The van der Waals surface area contributed by atoms with Crippen LogP contribution in [0.15, 0.2) is 46.8 Å². The van der Waals surface area contributed by atoms with E-state index in [1.54, 1.807) is 28.3 Å². The summed E-state index contributed by atoms with van der Waals surface area (Å²) in [5, 5.41) is 9.73. The molecule has 4 rings (SSSR count). The molecule has 3 aromatic rings. The molecule has 1 amide bonds. The van der Waals surface area contributed by atoms with Gasteiger partial charge in [0.2, 0.25) is 5.91 Å². The van der Waals surface area contributed by atoms with Crippen LogP contribution in [0, 0.1) is 0 Å². The lowest BCUT2D eigenvalue weighted by Gasteiger charge is -2.16. The number of hydrogen-bond donors (Lipinski definition) is 1. The molecule has 8 heteroatoms. The maximum absolute atomic E-state index is 12.7. The zero-order valence-electron chi connectivity index (χ0n) is 16.3. The number of carbonyl (C=O) groups is 1. The van der Waals surface area contributed by atoms with Crippen LogP contribution in [-0.4, -0.2) is 31.3 Å². The van der Waals surface area contributed by atoms with Crippen LogP contribution in [0.3, 0.4) is 0 Å². The summed E-state index contributed by atoms with van der Waals surface area (Å²) in [6.07, 6.45) is 8.06. The lowest BCUT2D eigenvalue weighted by Crippen LogP contribution is -2.35. The number of nitrogens with one attached hydrogen (secondary N) is 1. The minimum Gasteiger partial charge on any atom is -0.353 e. The fourth-order valence-electron chi connectivity index (χ4n) is 3.72. The van der Waals surface area contributed by atoms with E-state index in [0.29, 0.717) is 25.9 Å². The minimum absolute atomic E-state index is 0.0909. The predicted octanol–water partition coefficient (Wildman–Crippen LogP) is 2.39. The van der Waals surface area contributed by atoms with E-state index in [1.807, 2.05) is 18.2 Å². The molecule has 152 valence electrons. The smallest absolute Gasteiger partial charge is 0.346 e. The molecule has 0 aliphatic carbocycles. The van der Waals surface area contributed by atoms with Crippen LogP contribution >= 0.6 is 11.3 Å². The summed E-state index contributed by atoms with van der Waals surface area (Å²) in [5.74, 6) is 0.897. The number of amides is 1. The normalized spacial score (nSPS) is 16.2. The molecule has 0 aromatic carbocycles. The van der Waals surface area contributed by atoms with Gasteiger partial charge in [-0.05, 0) is 48.8 Å². The molecule has 1 atom stereocenters.